The highest BCUT2D eigenvalue weighted by atomic mass is 16.2. The van der Waals surface area contributed by atoms with E-state index in [2.05, 4.69) is 15.2 Å². The standard InChI is InChI=1S/C19H21N7O/c1-12-9-15(24-23-12)19(27)26-8-6-14-16(11-26)21-17(22-18(14)25(2)3)13-5-4-7-20-10-13/h4-5,7,9-10H,6,8,11H2,1-3H3,(H,23,24). The summed E-state index contributed by atoms with van der Waals surface area (Å²) in [6.45, 7) is 2.94. The number of aromatic amines is 1. The molecule has 0 saturated carbocycles. The number of carbonyl (C=O) groups is 1. The first-order chi connectivity index (χ1) is 13.0. The number of hydrogen-bond donors (Lipinski definition) is 1. The lowest BCUT2D eigenvalue weighted by molar-refractivity contribution is 0.0726. The maximum atomic E-state index is 12.8. The first-order valence-corrected chi connectivity index (χ1v) is 8.81. The van der Waals surface area contributed by atoms with E-state index in [4.69, 9.17) is 9.97 Å². The fourth-order valence-electron chi connectivity index (χ4n) is 3.27. The van der Waals surface area contributed by atoms with Crippen molar-refractivity contribution < 1.29 is 4.79 Å². The minimum atomic E-state index is -0.0852. The molecule has 4 heterocycles. The molecule has 0 unspecified atom stereocenters. The van der Waals surface area contributed by atoms with Crippen molar-refractivity contribution >= 4 is 11.7 Å². The zero-order valence-corrected chi connectivity index (χ0v) is 15.6. The second-order valence-corrected chi connectivity index (χ2v) is 6.85. The Morgan fingerprint density at radius 2 is 2.15 bits per heavy atom. The van der Waals surface area contributed by atoms with Gasteiger partial charge in [0.2, 0.25) is 0 Å². The van der Waals surface area contributed by atoms with E-state index in [1.165, 1.54) is 0 Å². The predicted octanol–water partition coefficient (Wildman–Crippen LogP) is 1.83. The Balaban J connectivity index is 1.71. The SMILES string of the molecule is Cc1cc(C(=O)N2CCc3c(nc(-c4cccnc4)nc3N(C)C)C2)n[nH]1. The number of nitrogens with zero attached hydrogens (tertiary/aromatic N) is 6. The Morgan fingerprint density at radius 3 is 2.81 bits per heavy atom. The van der Waals surface area contributed by atoms with Gasteiger partial charge in [0.1, 0.15) is 11.5 Å². The van der Waals surface area contributed by atoms with Crippen LogP contribution in [-0.2, 0) is 13.0 Å². The molecule has 8 nitrogen and oxygen atoms in total. The van der Waals surface area contributed by atoms with Gasteiger partial charge in [0.25, 0.3) is 5.91 Å². The molecule has 27 heavy (non-hydrogen) atoms. The Kier molecular flexibility index (Phi) is 4.31. The zero-order valence-electron chi connectivity index (χ0n) is 15.6. The molecule has 0 fully saturated rings. The topological polar surface area (TPSA) is 90.9 Å². The number of pyridine rings is 1. The van der Waals surface area contributed by atoms with Gasteiger partial charge in [-0.1, -0.05) is 0 Å². The molecule has 3 aromatic rings. The van der Waals surface area contributed by atoms with Gasteiger partial charge in [0.15, 0.2) is 5.82 Å². The van der Waals surface area contributed by atoms with Crippen molar-refractivity contribution in [2.75, 3.05) is 25.5 Å². The number of aromatic nitrogens is 5. The number of nitrogens with one attached hydrogen (secondary N) is 1. The Labute approximate surface area is 157 Å². The molecule has 1 aliphatic rings. The third kappa shape index (κ3) is 3.25. The minimum absolute atomic E-state index is 0.0852. The lowest BCUT2D eigenvalue weighted by Gasteiger charge is -2.30. The summed E-state index contributed by atoms with van der Waals surface area (Å²) in [4.78, 5) is 30.2. The smallest absolute Gasteiger partial charge is 0.274 e. The Morgan fingerprint density at radius 1 is 1.30 bits per heavy atom. The molecule has 0 bridgehead atoms. The maximum Gasteiger partial charge on any atom is 0.274 e. The highest BCUT2D eigenvalue weighted by molar-refractivity contribution is 5.92. The summed E-state index contributed by atoms with van der Waals surface area (Å²) in [5.74, 6) is 1.43. The second kappa shape index (κ2) is 6.79. The molecule has 0 atom stereocenters. The number of hydrogen-bond acceptors (Lipinski definition) is 6. The summed E-state index contributed by atoms with van der Waals surface area (Å²) in [6, 6.07) is 5.57. The van der Waals surface area contributed by atoms with E-state index >= 15 is 0 Å². The summed E-state index contributed by atoms with van der Waals surface area (Å²) in [5.41, 5.74) is 4.13. The van der Waals surface area contributed by atoms with Crippen molar-refractivity contribution in [3.05, 3.63) is 53.2 Å². The Hall–Kier alpha value is -3.29. The van der Waals surface area contributed by atoms with Gasteiger partial charge in [0, 0.05) is 49.9 Å². The zero-order chi connectivity index (χ0) is 19.0. The second-order valence-electron chi connectivity index (χ2n) is 6.85. The van der Waals surface area contributed by atoms with Crippen molar-refractivity contribution in [1.29, 1.82) is 0 Å². The number of H-pyrrole nitrogens is 1. The maximum absolute atomic E-state index is 12.8. The number of aryl methyl sites for hydroxylation is 1. The summed E-state index contributed by atoms with van der Waals surface area (Å²) < 4.78 is 0. The van der Waals surface area contributed by atoms with E-state index in [9.17, 15) is 4.79 Å². The summed E-state index contributed by atoms with van der Waals surface area (Å²) in [5, 5.41) is 6.92. The quantitative estimate of drug-likeness (QED) is 0.763. The minimum Gasteiger partial charge on any atom is -0.362 e. The van der Waals surface area contributed by atoms with Crippen molar-refractivity contribution in [3.8, 4) is 11.4 Å². The van der Waals surface area contributed by atoms with Gasteiger partial charge in [-0.3, -0.25) is 14.9 Å². The van der Waals surface area contributed by atoms with E-state index in [0.29, 0.717) is 31.0 Å². The molecular weight excluding hydrogens is 342 g/mol. The van der Waals surface area contributed by atoms with Crippen LogP contribution in [-0.4, -0.2) is 56.6 Å². The van der Waals surface area contributed by atoms with Crippen LogP contribution in [0.1, 0.15) is 27.4 Å². The van der Waals surface area contributed by atoms with Crippen LogP contribution in [0.25, 0.3) is 11.4 Å². The molecule has 0 aromatic carbocycles. The van der Waals surface area contributed by atoms with Gasteiger partial charge in [-0.25, -0.2) is 9.97 Å². The number of rotatable bonds is 3. The molecule has 3 aromatic heterocycles. The van der Waals surface area contributed by atoms with Crippen LogP contribution in [0.5, 0.6) is 0 Å². The fourth-order valence-corrected chi connectivity index (χ4v) is 3.27. The van der Waals surface area contributed by atoms with Crippen LogP contribution in [0.2, 0.25) is 0 Å². The van der Waals surface area contributed by atoms with E-state index in [0.717, 1.165) is 28.3 Å². The summed E-state index contributed by atoms with van der Waals surface area (Å²) >= 11 is 0. The van der Waals surface area contributed by atoms with Crippen molar-refractivity contribution in [3.63, 3.8) is 0 Å². The van der Waals surface area contributed by atoms with Crippen LogP contribution >= 0.6 is 0 Å². The Bertz CT molecular complexity index is 981. The van der Waals surface area contributed by atoms with Gasteiger partial charge in [-0.15, -0.1) is 0 Å². The highest BCUT2D eigenvalue weighted by Gasteiger charge is 2.27. The van der Waals surface area contributed by atoms with Gasteiger partial charge >= 0.3 is 0 Å². The number of amides is 1. The van der Waals surface area contributed by atoms with E-state index in [-0.39, 0.29) is 5.91 Å². The fraction of sp³-hybridized carbons (Fsp3) is 0.316. The average molecular weight is 363 g/mol. The lowest BCUT2D eigenvalue weighted by Crippen LogP contribution is -2.37. The van der Waals surface area contributed by atoms with Gasteiger partial charge in [-0.05, 0) is 31.5 Å². The van der Waals surface area contributed by atoms with Gasteiger partial charge in [-0.2, -0.15) is 5.10 Å². The summed E-state index contributed by atoms with van der Waals surface area (Å²) in [7, 11) is 3.94. The summed E-state index contributed by atoms with van der Waals surface area (Å²) in [6.07, 6.45) is 4.19. The first-order valence-electron chi connectivity index (χ1n) is 8.81. The highest BCUT2D eigenvalue weighted by Crippen LogP contribution is 2.28. The normalized spacial score (nSPS) is 13.4. The van der Waals surface area contributed by atoms with Crippen molar-refractivity contribution in [2.24, 2.45) is 0 Å². The first kappa shape index (κ1) is 17.1. The molecule has 1 aliphatic heterocycles. The average Bonchev–Trinajstić information content (AvgIpc) is 3.13. The van der Waals surface area contributed by atoms with Crippen molar-refractivity contribution in [2.45, 2.75) is 19.9 Å². The third-order valence-electron chi connectivity index (χ3n) is 4.60. The molecule has 4 rings (SSSR count). The number of fused-ring (bicyclic) bond motifs is 1. The molecule has 0 saturated heterocycles. The molecule has 138 valence electrons. The predicted molar refractivity (Wildman–Crippen MR) is 101 cm³/mol. The van der Waals surface area contributed by atoms with Crippen molar-refractivity contribution in [1.82, 2.24) is 30.0 Å². The molecule has 0 spiro atoms. The van der Waals surface area contributed by atoms with Gasteiger partial charge in [0.05, 0.1) is 12.2 Å². The monoisotopic (exact) mass is 363 g/mol. The van der Waals surface area contributed by atoms with E-state index in [1.54, 1.807) is 23.4 Å². The van der Waals surface area contributed by atoms with E-state index < -0.39 is 0 Å². The van der Waals surface area contributed by atoms with Crippen LogP contribution in [0.15, 0.2) is 30.6 Å². The molecule has 8 heteroatoms. The molecule has 0 aliphatic carbocycles. The van der Waals surface area contributed by atoms with Gasteiger partial charge < -0.3 is 9.80 Å². The molecular formula is C19H21N7O. The molecule has 1 amide bonds. The van der Waals surface area contributed by atoms with Crippen LogP contribution in [0, 0.1) is 6.92 Å². The van der Waals surface area contributed by atoms with Crippen LogP contribution in [0.3, 0.4) is 0 Å². The molecule has 0 radical (unpaired) electrons. The van der Waals surface area contributed by atoms with Crippen LogP contribution in [0.4, 0.5) is 5.82 Å². The number of anilines is 1. The number of carbonyl (C=O) groups excluding carboxylic acids is 1. The third-order valence-corrected chi connectivity index (χ3v) is 4.60. The largest absolute Gasteiger partial charge is 0.362 e. The molecule has 1 N–H and O–H groups in total. The van der Waals surface area contributed by atoms with Crippen LogP contribution < -0.4 is 4.90 Å². The van der Waals surface area contributed by atoms with E-state index in [1.807, 2.05) is 38.1 Å². The lowest BCUT2D eigenvalue weighted by atomic mass is 10.0.